The molecular formula is C30H27ClN6O8S. The van der Waals surface area contributed by atoms with Crippen LogP contribution in [0.25, 0.3) is 22.3 Å². The minimum atomic E-state index is -1.98. The summed E-state index contributed by atoms with van der Waals surface area (Å²) in [6.45, 7) is -0.427. The van der Waals surface area contributed by atoms with E-state index in [2.05, 4.69) is 19.9 Å². The fourth-order valence-electron chi connectivity index (χ4n) is 5.50. The van der Waals surface area contributed by atoms with Crippen LogP contribution in [0.15, 0.2) is 65.7 Å². The molecule has 3 aromatic heterocycles. The van der Waals surface area contributed by atoms with Crippen molar-refractivity contribution in [2.24, 2.45) is 0 Å². The molecule has 238 valence electrons. The molecule has 16 heteroatoms. The number of nitrogens with zero attached hydrogens (tertiary/aromatic N) is 5. The summed E-state index contributed by atoms with van der Waals surface area (Å²) < 4.78 is 13.4. The number of carboxylic acids is 2. The van der Waals surface area contributed by atoms with Crippen LogP contribution in [0.4, 0.5) is 5.82 Å². The SMILES string of the molecule is Nc1nc(Cl)nc2c1ncn2[C@@H]1O[C@H](COC(Cc2ccc(-c3ccccc3CC(=O)O)cc2)(C(=O)O)c2cscn2)[C@@H](O)[C@H]1O. The van der Waals surface area contributed by atoms with Crippen molar-refractivity contribution in [3.63, 3.8) is 0 Å². The quantitative estimate of drug-likeness (QED) is 0.128. The summed E-state index contributed by atoms with van der Waals surface area (Å²) in [5.74, 6) is -2.25. The van der Waals surface area contributed by atoms with Crippen molar-refractivity contribution >= 4 is 51.9 Å². The predicted molar refractivity (Wildman–Crippen MR) is 165 cm³/mol. The molecule has 4 heterocycles. The van der Waals surface area contributed by atoms with E-state index < -0.39 is 48.7 Å². The van der Waals surface area contributed by atoms with E-state index in [1.807, 2.05) is 12.1 Å². The van der Waals surface area contributed by atoms with E-state index in [0.717, 1.165) is 11.1 Å². The molecule has 5 aromatic rings. The second-order valence-corrected chi connectivity index (χ2v) is 11.7. The number of carboxylic acid groups (broad SMARTS) is 2. The molecule has 0 spiro atoms. The maximum atomic E-state index is 13.0. The Bertz CT molecular complexity index is 1890. The van der Waals surface area contributed by atoms with E-state index in [-0.39, 0.29) is 40.8 Å². The highest BCUT2D eigenvalue weighted by molar-refractivity contribution is 7.07. The molecule has 1 aliphatic rings. The number of ether oxygens (including phenoxy) is 2. The first kappa shape index (κ1) is 31.5. The third kappa shape index (κ3) is 5.91. The molecule has 46 heavy (non-hydrogen) atoms. The Morgan fingerprint density at radius 1 is 1.07 bits per heavy atom. The normalized spacial score (nSPS) is 20.9. The molecule has 1 saturated heterocycles. The third-order valence-electron chi connectivity index (χ3n) is 7.80. The van der Waals surface area contributed by atoms with Gasteiger partial charge in [-0.05, 0) is 33.9 Å². The molecule has 1 fully saturated rings. The largest absolute Gasteiger partial charge is 0.481 e. The summed E-state index contributed by atoms with van der Waals surface area (Å²) in [6, 6.07) is 14.2. The van der Waals surface area contributed by atoms with Crippen molar-refractivity contribution in [2.45, 2.75) is 43.0 Å². The lowest BCUT2D eigenvalue weighted by Crippen LogP contribution is -2.44. The Balaban J connectivity index is 1.25. The minimum Gasteiger partial charge on any atom is -0.481 e. The lowest BCUT2D eigenvalue weighted by Gasteiger charge is -2.30. The number of aliphatic hydroxyl groups is 2. The Labute approximate surface area is 269 Å². The number of anilines is 1. The number of hydrogen-bond acceptors (Lipinski definition) is 12. The van der Waals surface area contributed by atoms with Gasteiger partial charge in [0.2, 0.25) is 10.9 Å². The van der Waals surface area contributed by atoms with Crippen molar-refractivity contribution in [1.29, 1.82) is 0 Å². The maximum Gasteiger partial charge on any atom is 0.342 e. The van der Waals surface area contributed by atoms with E-state index in [0.29, 0.717) is 11.1 Å². The van der Waals surface area contributed by atoms with Crippen molar-refractivity contribution < 1.29 is 39.5 Å². The highest BCUT2D eigenvalue weighted by Gasteiger charge is 2.49. The molecule has 2 aromatic carbocycles. The number of hydrogen-bond donors (Lipinski definition) is 5. The molecule has 0 amide bonds. The average Bonchev–Trinajstić information content (AvgIpc) is 3.77. The van der Waals surface area contributed by atoms with Crippen molar-refractivity contribution in [3.05, 3.63) is 87.9 Å². The van der Waals surface area contributed by atoms with Gasteiger partial charge in [0, 0.05) is 11.8 Å². The van der Waals surface area contributed by atoms with E-state index in [4.69, 9.17) is 26.8 Å². The number of carbonyl (C=O) groups is 2. The van der Waals surface area contributed by atoms with Crippen molar-refractivity contribution in [3.8, 4) is 11.1 Å². The minimum absolute atomic E-state index is 0.0219. The number of nitrogens with two attached hydrogens (primary N) is 1. The molecule has 0 saturated carbocycles. The summed E-state index contributed by atoms with van der Waals surface area (Å²) in [7, 11) is 0. The van der Waals surface area contributed by atoms with Crippen molar-refractivity contribution in [1.82, 2.24) is 24.5 Å². The second kappa shape index (κ2) is 12.7. The molecule has 1 aliphatic heterocycles. The fourth-order valence-corrected chi connectivity index (χ4v) is 6.29. The topological polar surface area (TPSA) is 216 Å². The standard InChI is InChI=1S/C30H27ClN6O8S/c31-29-35-25(32)22-26(36-29)37(13-33-22)27-24(41)23(40)19(45-27)11-44-30(28(42)43,20-12-46-14-34-20)10-15-5-7-16(8-6-15)18-4-2-1-3-17(18)9-21(38)39/h1-8,12-14,19,23-24,27,40-41H,9-11H2,(H,38,39)(H,42,43)(H2,32,35,36)/t19-,23-,24-,27-,30?/m1/s1. The summed E-state index contributed by atoms with van der Waals surface area (Å²) in [5, 5.41) is 43.1. The number of halogens is 1. The molecule has 0 radical (unpaired) electrons. The summed E-state index contributed by atoms with van der Waals surface area (Å²) >= 11 is 7.16. The number of nitrogen functional groups attached to an aromatic ring is 1. The number of fused-ring (bicyclic) bond motifs is 1. The van der Waals surface area contributed by atoms with Crippen LogP contribution in [0.3, 0.4) is 0 Å². The van der Waals surface area contributed by atoms with Gasteiger partial charge in [-0.25, -0.2) is 14.8 Å². The number of benzene rings is 2. The van der Waals surface area contributed by atoms with E-state index >= 15 is 0 Å². The van der Waals surface area contributed by atoms with Gasteiger partial charge in [-0.2, -0.15) is 9.97 Å². The molecule has 0 bridgehead atoms. The van der Waals surface area contributed by atoms with Crippen LogP contribution >= 0.6 is 22.9 Å². The van der Waals surface area contributed by atoms with Crippen LogP contribution < -0.4 is 5.73 Å². The Morgan fingerprint density at radius 3 is 2.52 bits per heavy atom. The average molecular weight is 667 g/mol. The van der Waals surface area contributed by atoms with Gasteiger partial charge in [-0.1, -0.05) is 48.5 Å². The predicted octanol–water partition coefficient (Wildman–Crippen LogP) is 2.67. The lowest BCUT2D eigenvalue weighted by molar-refractivity contribution is -0.177. The molecule has 6 N–H and O–H groups in total. The van der Waals surface area contributed by atoms with Gasteiger partial charge in [0.15, 0.2) is 17.7 Å². The zero-order valence-electron chi connectivity index (χ0n) is 23.8. The van der Waals surface area contributed by atoms with Crippen LogP contribution in [0.5, 0.6) is 0 Å². The van der Waals surface area contributed by atoms with Crippen LogP contribution in [0.1, 0.15) is 23.0 Å². The number of aromatic nitrogens is 5. The van der Waals surface area contributed by atoms with Gasteiger partial charge >= 0.3 is 11.9 Å². The summed E-state index contributed by atoms with van der Waals surface area (Å²) in [5.41, 5.74) is 8.69. The lowest BCUT2D eigenvalue weighted by atomic mass is 9.90. The van der Waals surface area contributed by atoms with Crippen LogP contribution in [0, 0.1) is 0 Å². The fraction of sp³-hybridized carbons (Fsp3) is 0.267. The van der Waals surface area contributed by atoms with Gasteiger partial charge in [0.1, 0.15) is 23.8 Å². The van der Waals surface area contributed by atoms with Crippen LogP contribution in [-0.2, 0) is 37.5 Å². The molecule has 5 atom stereocenters. The molecular weight excluding hydrogens is 640 g/mol. The molecule has 6 rings (SSSR count). The number of aliphatic hydroxyl groups excluding tert-OH is 2. The Hall–Kier alpha value is -4.51. The Morgan fingerprint density at radius 2 is 1.83 bits per heavy atom. The highest BCUT2D eigenvalue weighted by Crippen LogP contribution is 2.36. The first-order chi connectivity index (χ1) is 22.1. The number of imidazole rings is 1. The van der Waals surface area contributed by atoms with Gasteiger partial charge in [-0.3, -0.25) is 9.36 Å². The number of aliphatic carboxylic acids is 2. The van der Waals surface area contributed by atoms with E-state index in [9.17, 15) is 30.0 Å². The Kier molecular flexibility index (Phi) is 8.69. The monoisotopic (exact) mass is 666 g/mol. The van der Waals surface area contributed by atoms with Gasteiger partial charge in [0.05, 0.1) is 30.6 Å². The third-order valence-corrected chi connectivity index (χ3v) is 8.55. The molecule has 14 nitrogen and oxygen atoms in total. The zero-order valence-corrected chi connectivity index (χ0v) is 25.4. The van der Waals surface area contributed by atoms with Gasteiger partial charge in [0.25, 0.3) is 0 Å². The molecule has 0 aliphatic carbocycles. The second-order valence-electron chi connectivity index (χ2n) is 10.7. The van der Waals surface area contributed by atoms with Crippen molar-refractivity contribution in [2.75, 3.05) is 12.3 Å². The van der Waals surface area contributed by atoms with E-state index in [1.54, 1.807) is 41.8 Å². The zero-order chi connectivity index (χ0) is 32.6. The number of thiazole rings is 1. The smallest absolute Gasteiger partial charge is 0.342 e. The number of rotatable bonds is 11. The molecule has 1 unspecified atom stereocenters. The summed E-state index contributed by atoms with van der Waals surface area (Å²) in [4.78, 5) is 40.7. The van der Waals surface area contributed by atoms with Gasteiger partial charge in [-0.15, -0.1) is 11.3 Å². The summed E-state index contributed by atoms with van der Waals surface area (Å²) in [6.07, 6.45) is -4.23. The highest BCUT2D eigenvalue weighted by atomic mass is 35.5. The van der Waals surface area contributed by atoms with E-state index in [1.165, 1.54) is 27.7 Å². The van der Waals surface area contributed by atoms with Crippen LogP contribution in [0.2, 0.25) is 5.28 Å². The van der Waals surface area contributed by atoms with Gasteiger partial charge < -0.3 is 35.6 Å². The first-order valence-corrected chi connectivity index (χ1v) is 15.2. The first-order valence-electron chi connectivity index (χ1n) is 13.9. The van der Waals surface area contributed by atoms with Crippen LogP contribution in [-0.4, -0.2) is 81.8 Å². The maximum absolute atomic E-state index is 13.0.